The molecular formula is C12H18N2O3. The summed E-state index contributed by atoms with van der Waals surface area (Å²) in [7, 11) is 0. The number of nitrogens with zero attached hydrogens (tertiary/aromatic N) is 1. The highest BCUT2D eigenvalue weighted by Crippen LogP contribution is 2.38. The maximum atomic E-state index is 12.0. The monoisotopic (exact) mass is 238 g/mol. The zero-order valence-corrected chi connectivity index (χ0v) is 10.0. The molecule has 3 aliphatic heterocycles. The van der Waals surface area contributed by atoms with Crippen LogP contribution in [0.4, 0.5) is 0 Å². The molecule has 0 aliphatic carbocycles. The highest BCUT2D eigenvalue weighted by atomic mass is 16.5. The lowest BCUT2D eigenvalue weighted by molar-refractivity contribution is -0.149. The van der Waals surface area contributed by atoms with Gasteiger partial charge in [-0.05, 0) is 25.7 Å². The lowest BCUT2D eigenvalue weighted by Gasteiger charge is -2.40. The summed E-state index contributed by atoms with van der Waals surface area (Å²) in [5, 5.41) is 2.66. The average Bonchev–Trinajstić information content (AvgIpc) is 2.93. The van der Waals surface area contributed by atoms with Crippen molar-refractivity contribution in [3.8, 4) is 0 Å². The first-order valence-corrected chi connectivity index (χ1v) is 6.45. The van der Waals surface area contributed by atoms with Gasteiger partial charge >= 0.3 is 0 Å². The van der Waals surface area contributed by atoms with Crippen LogP contribution in [0, 0.1) is 0 Å². The maximum absolute atomic E-state index is 12.0. The van der Waals surface area contributed by atoms with Gasteiger partial charge in [-0.15, -0.1) is 0 Å². The van der Waals surface area contributed by atoms with Gasteiger partial charge in [0.15, 0.2) is 0 Å². The normalized spacial score (nSPS) is 40.9. The summed E-state index contributed by atoms with van der Waals surface area (Å²) in [6.07, 6.45) is 4.17. The van der Waals surface area contributed by atoms with Crippen LogP contribution in [0.2, 0.25) is 0 Å². The number of carbonyl (C=O) groups is 2. The predicted octanol–water partition coefficient (Wildman–Crippen LogP) is 0.0433. The molecule has 3 aliphatic rings. The smallest absolute Gasteiger partial charge is 0.243 e. The molecule has 0 spiro atoms. The third-order valence-electron chi connectivity index (χ3n) is 4.16. The first kappa shape index (κ1) is 11.0. The van der Waals surface area contributed by atoms with E-state index in [0.717, 1.165) is 19.3 Å². The first-order chi connectivity index (χ1) is 8.20. The second-order valence-electron chi connectivity index (χ2n) is 5.12. The van der Waals surface area contributed by atoms with Crippen LogP contribution in [0.5, 0.6) is 0 Å². The number of nitrogens with one attached hydrogen (secondary N) is 1. The van der Waals surface area contributed by atoms with E-state index in [9.17, 15) is 9.59 Å². The second kappa shape index (κ2) is 3.98. The molecule has 17 heavy (non-hydrogen) atoms. The van der Waals surface area contributed by atoms with E-state index in [1.807, 2.05) is 6.92 Å². The summed E-state index contributed by atoms with van der Waals surface area (Å²) in [4.78, 5) is 25.6. The largest absolute Gasteiger partial charge is 0.373 e. The van der Waals surface area contributed by atoms with Crippen molar-refractivity contribution in [1.29, 1.82) is 0 Å². The Hall–Kier alpha value is -1.10. The Balaban J connectivity index is 1.83. The number of hydrogen-bond donors (Lipinski definition) is 1. The Morgan fingerprint density at radius 1 is 1.41 bits per heavy atom. The minimum absolute atomic E-state index is 0.0186. The molecule has 0 aromatic carbocycles. The van der Waals surface area contributed by atoms with E-state index in [4.69, 9.17) is 4.74 Å². The van der Waals surface area contributed by atoms with Gasteiger partial charge in [-0.1, -0.05) is 6.92 Å². The Labute approximate surface area is 100 Å². The van der Waals surface area contributed by atoms with Crippen molar-refractivity contribution in [1.82, 2.24) is 10.2 Å². The number of carbonyl (C=O) groups excluding carboxylic acids is 2. The van der Waals surface area contributed by atoms with Crippen molar-refractivity contribution in [2.75, 3.05) is 6.54 Å². The Morgan fingerprint density at radius 3 is 2.82 bits per heavy atom. The van der Waals surface area contributed by atoms with Gasteiger partial charge in [0.25, 0.3) is 0 Å². The fourth-order valence-corrected chi connectivity index (χ4v) is 3.37. The van der Waals surface area contributed by atoms with Crippen molar-refractivity contribution >= 4 is 11.8 Å². The summed E-state index contributed by atoms with van der Waals surface area (Å²) >= 11 is 0. The molecule has 0 aromatic rings. The number of hydrogen-bond acceptors (Lipinski definition) is 3. The molecular weight excluding hydrogens is 220 g/mol. The number of fused-ring (bicyclic) bond motifs is 2. The molecule has 0 saturated carbocycles. The topological polar surface area (TPSA) is 58.6 Å². The Kier molecular flexibility index (Phi) is 2.58. The summed E-state index contributed by atoms with van der Waals surface area (Å²) < 4.78 is 5.79. The van der Waals surface area contributed by atoms with E-state index in [1.54, 1.807) is 4.90 Å². The van der Waals surface area contributed by atoms with Gasteiger partial charge in [0.05, 0.1) is 24.8 Å². The molecule has 3 fully saturated rings. The third-order valence-corrected chi connectivity index (χ3v) is 4.16. The average molecular weight is 238 g/mol. The number of amides is 2. The lowest BCUT2D eigenvalue weighted by atomic mass is 9.92. The van der Waals surface area contributed by atoms with Gasteiger partial charge in [0, 0.05) is 0 Å². The van der Waals surface area contributed by atoms with Gasteiger partial charge in [0.1, 0.15) is 6.04 Å². The highest BCUT2D eigenvalue weighted by Gasteiger charge is 2.48. The predicted molar refractivity (Wildman–Crippen MR) is 60.2 cm³/mol. The lowest BCUT2D eigenvalue weighted by Crippen LogP contribution is -2.62. The molecule has 3 heterocycles. The summed E-state index contributed by atoms with van der Waals surface area (Å²) in [5.74, 6) is 0.0208. The molecule has 5 nitrogen and oxygen atoms in total. The minimum Gasteiger partial charge on any atom is -0.373 e. The number of rotatable bonds is 2. The molecule has 2 bridgehead atoms. The van der Waals surface area contributed by atoms with E-state index in [-0.39, 0.29) is 36.5 Å². The van der Waals surface area contributed by atoms with Gasteiger partial charge in [-0.2, -0.15) is 0 Å². The summed E-state index contributed by atoms with van der Waals surface area (Å²) in [6, 6.07) is -0.179. The van der Waals surface area contributed by atoms with Crippen molar-refractivity contribution < 1.29 is 14.3 Å². The van der Waals surface area contributed by atoms with E-state index in [0.29, 0.717) is 12.5 Å². The fraction of sp³-hybridized carbons (Fsp3) is 0.833. The molecule has 5 heteroatoms. The number of piperazine rings is 1. The van der Waals surface area contributed by atoms with Crippen LogP contribution in [0.15, 0.2) is 0 Å². The summed E-state index contributed by atoms with van der Waals surface area (Å²) in [6.45, 7) is 2.09. The molecule has 0 radical (unpaired) electrons. The Bertz CT molecular complexity index is 358. The van der Waals surface area contributed by atoms with Crippen molar-refractivity contribution in [2.45, 2.75) is 56.9 Å². The standard InChI is InChI=1S/C12H18N2O3/c1-2-8-12(16)13-6-11(15)14(8)9-5-7-3-4-10(9)17-7/h7-10H,2-6H2,1H3,(H,13,16). The van der Waals surface area contributed by atoms with E-state index in [1.165, 1.54) is 0 Å². The number of ether oxygens (including phenoxy) is 1. The highest BCUT2D eigenvalue weighted by molar-refractivity contribution is 5.95. The minimum atomic E-state index is -0.302. The van der Waals surface area contributed by atoms with Crippen LogP contribution in [-0.2, 0) is 14.3 Å². The fourth-order valence-electron chi connectivity index (χ4n) is 3.37. The van der Waals surface area contributed by atoms with Gasteiger partial charge in [0.2, 0.25) is 11.8 Å². The third kappa shape index (κ3) is 1.64. The van der Waals surface area contributed by atoms with Gasteiger partial charge in [-0.25, -0.2) is 0 Å². The Morgan fingerprint density at radius 2 is 2.24 bits per heavy atom. The molecule has 2 amide bonds. The van der Waals surface area contributed by atoms with E-state index < -0.39 is 0 Å². The first-order valence-electron chi connectivity index (χ1n) is 6.45. The molecule has 0 aromatic heterocycles. The van der Waals surface area contributed by atoms with Gasteiger partial charge in [-0.3, -0.25) is 9.59 Å². The molecule has 4 atom stereocenters. The van der Waals surface area contributed by atoms with Crippen molar-refractivity contribution in [3.05, 3.63) is 0 Å². The van der Waals surface area contributed by atoms with Crippen LogP contribution >= 0.6 is 0 Å². The van der Waals surface area contributed by atoms with Crippen LogP contribution in [0.3, 0.4) is 0 Å². The summed E-state index contributed by atoms with van der Waals surface area (Å²) in [5.41, 5.74) is 0. The molecule has 1 N–H and O–H groups in total. The second-order valence-corrected chi connectivity index (χ2v) is 5.12. The van der Waals surface area contributed by atoms with Crippen LogP contribution in [0.1, 0.15) is 32.6 Å². The van der Waals surface area contributed by atoms with Crippen LogP contribution in [-0.4, -0.2) is 47.6 Å². The molecule has 3 saturated heterocycles. The van der Waals surface area contributed by atoms with E-state index in [2.05, 4.69) is 5.32 Å². The van der Waals surface area contributed by atoms with Crippen molar-refractivity contribution in [3.63, 3.8) is 0 Å². The molecule has 3 rings (SSSR count). The quantitative estimate of drug-likeness (QED) is 0.739. The van der Waals surface area contributed by atoms with E-state index >= 15 is 0 Å². The SMILES string of the molecule is CCC1C(=O)NCC(=O)N1C1CC2CCC1O2. The van der Waals surface area contributed by atoms with Crippen LogP contribution < -0.4 is 5.32 Å². The van der Waals surface area contributed by atoms with Gasteiger partial charge < -0.3 is 15.0 Å². The zero-order chi connectivity index (χ0) is 12.0. The van der Waals surface area contributed by atoms with Crippen LogP contribution in [0.25, 0.3) is 0 Å². The maximum Gasteiger partial charge on any atom is 0.243 e. The zero-order valence-electron chi connectivity index (χ0n) is 10.0. The molecule has 94 valence electrons. The molecule has 4 unspecified atom stereocenters. The van der Waals surface area contributed by atoms with Crippen molar-refractivity contribution in [2.24, 2.45) is 0 Å².